The van der Waals surface area contributed by atoms with E-state index in [1.165, 1.54) is 16.9 Å². The fourth-order valence-electron chi connectivity index (χ4n) is 4.22. The van der Waals surface area contributed by atoms with Gasteiger partial charge in [-0.25, -0.2) is 9.97 Å². The van der Waals surface area contributed by atoms with Crippen molar-refractivity contribution in [3.8, 4) is 10.6 Å². The minimum absolute atomic E-state index is 0.119. The molecule has 0 aliphatic carbocycles. The number of thiazole rings is 1. The first-order valence-electron chi connectivity index (χ1n) is 11.7. The third-order valence-corrected chi connectivity index (χ3v) is 8.03. The van der Waals surface area contributed by atoms with Gasteiger partial charge in [-0.3, -0.25) is 14.7 Å². The molecule has 7 heteroatoms. The number of aromatic nitrogens is 3. The zero-order valence-electron chi connectivity index (χ0n) is 19.6. The minimum atomic E-state index is -0.119. The molecular weight excluding hydrogens is 484 g/mol. The molecule has 4 aromatic heterocycles. The van der Waals surface area contributed by atoms with Gasteiger partial charge in [0.25, 0.3) is 5.91 Å². The molecule has 0 fully saturated rings. The number of anilines is 1. The second kappa shape index (κ2) is 9.60. The molecule has 6 rings (SSSR count). The molecule has 6 aromatic rings. The van der Waals surface area contributed by atoms with Gasteiger partial charge in [-0.2, -0.15) is 0 Å². The first-order valence-corrected chi connectivity index (χ1v) is 13.4. The molecule has 0 unspecified atom stereocenters. The van der Waals surface area contributed by atoms with Crippen LogP contribution in [0.3, 0.4) is 0 Å². The third kappa shape index (κ3) is 4.27. The average molecular weight is 507 g/mol. The van der Waals surface area contributed by atoms with Gasteiger partial charge < -0.3 is 0 Å². The summed E-state index contributed by atoms with van der Waals surface area (Å²) in [6.07, 6.45) is 2.70. The standard InChI is InChI=1S/C29H22N4OS2/c1-2-19-12-13-24-27(16-19)36-29(32-24)33(18-20-8-5-6-14-30-20)28(34)22-17-25(26-11-7-15-35-26)31-23-10-4-3-9-21(22)23/h3-17H,2,18H2,1H3. The Hall–Kier alpha value is -3.94. The summed E-state index contributed by atoms with van der Waals surface area (Å²) in [4.78, 5) is 31.3. The van der Waals surface area contributed by atoms with Crippen molar-refractivity contribution >= 4 is 54.8 Å². The second-order valence-electron chi connectivity index (χ2n) is 8.41. The Bertz CT molecular complexity index is 1680. The minimum Gasteiger partial charge on any atom is -0.278 e. The van der Waals surface area contributed by atoms with Crippen LogP contribution in [0.25, 0.3) is 31.7 Å². The average Bonchev–Trinajstić information content (AvgIpc) is 3.61. The molecule has 0 bridgehead atoms. The first-order chi connectivity index (χ1) is 17.7. The molecule has 1 amide bonds. The molecular formula is C29H22N4OS2. The predicted molar refractivity (Wildman–Crippen MR) is 149 cm³/mol. The number of amides is 1. The number of carbonyl (C=O) groups excluding carboxylic acids is 1. The summed E-state index contributed by atoms with van der Waals surface area (Å²) in [5.41, 5.74) is 5.14. The van der Waals surface area contributed by atoms with Gasteiger partial charge in [0, 0.05) is 11.6 Å². The highest BCUT2D eigenvalue weighted by atomic mass is 32.1. The monoisotopic (exact) mass is 506 g/mol. The van der Waals surface area contributed by atoms with Crippen molar-refractivity contribution in [2.24, 2.45) is 0 Å². The van der Waals surface area contributed by atoms with E-state index in [-0.39, 0.29) is 5.91 Å². The zero-order valence-corrected chi connectivity index (χ0v) is 21.2. The van der Waals surface area contributed by atoms with Gasteiger partial charge in [-0.1, -0.05) is 54.7 Å². The number of aryl methyl sites for hydroxylation is 1. The van der Waals surface area contributed by atoms with E-state index in [0.717, 1.165) is 43.8 Å². The largest absolute Gasteiger partial charge is 0.278 e. The van der Waals surface area contributed by atoms with Gasteiger partial charge in [-0.05, 0) is 59.8 Å². The van der Waals surface area contributed by atoms with Crippen LogP contribution in [0.5, 0.6) is 0 Å². The van der Waals surface area contributed by atoms with Crippen LogP contribution in [0, 0.1) is 0 Å². The molecule has 176 valence electrons. The van der Waals surface area contributed by atoms with Gasteiger partial charge in [0.2, 0.25) is 0 Å². The van der Waals surface area contributed by atoms with E-state index < -0.39 is 0 Å². The summed E-state index contributed by atoms with van der Waals surface area (Å²) in [6, 6.07) is 25.8. The van der Waals surface area contributed by atoms with Crippen LogP contribution in [-0.4, -0.2) is 20.9 Å². The Labute approximate surface area is 216 Å². The lowest BCUT2D eigenvalue weighted by molar-refractivity contribution is 0.0986. The summed E-state index contributed by atoms with van der Waals surface area (Å²) < 4.78 is 1.07. The van der Waals surface area contributed by atoms with E-state index >= 15 is 0 Å². The van der Waals surface area contributed by atoms with Crippen molar-refractivity contribution in [1.82, 2.24) is 15.0 Å². The molecule has 0 aliphatic rings. The van der Waals surface area contributed by atoms with Gasteiger partial charge in [0.15, 0.2) is 5.13 Å². The fraction of sp³-hybridized carbons (Fsp3) is 0.103. The van der Waals surface area contributed by atoms with Crippen molar-refractivity contribution in [3.63, 3.8) is 0 Å². The van der Waals surface area contributed by atoms with Crippen molar-refractivity contribution in [1.29, 1.82) is 0 Å². The number of hydrogen-bond donors (Lipinski definition) is 0. The Kier molecular flexibility index (Phi) is 6.01. The van der Waals surface area contributed by atoms with Crippen LogP contribution in [0.4, 0.5) is 5.13 Å². The van der Waals surface area contributed by atoms with Crippen molar-refractivity contribution in [3.05, 3.63) is 107 Å². The summed E-state index contributed by atoms with van der Waals surface area (Å²) in [6.45, 7) is 2.46. The number of nitrogens with zero attached hydrogens (tertiary/aromatic N) is 4. The Balaban J connectivity index is 1.51. The van der Waals surface area contributed by atoms with Crippen LogP contribution in [0.1, 0.15) is 28.5 Å². The molecule has 0 N–H and O–H groups in total. The number of rotatable bonds is 6. The quantitative estimate of drug-likeness (QED) is 0.236. The zero-order chi connectivity index (χ0) is 24.5. The number of fused-ring (bicyclic) bond motifs is 2. The van der Waals surface area contributed by atoms with Gasteiger partial charge >= 0.3 is 0 Å². The van der Waals surface area contributed by atoms with Crippen LogP contribution in [0.15, 0.2) is 90.4 Å². The molecule has 0 saturated heterocycles. The van der Waals surface area contributed by atoms with E-state index in [1.54, 1.807) is 22.4 Å². The highest BCUT2D eigenvalue weighted by molar-refractivity contribution is 7.22. The van der Waals surface area contributed by atoms with Crippen LogP contribution in [-0.2, 0) is 13.0 Å². The summed E-state index contributed by atoms with van der Waals surface area (Å²) >= 11 is 3.15. The molecule has 0 saturated carbocycles. The smallest absolute Gasteiger partial charge is 0.261 e. The normalized spacial score (nSPS) is 11.2. The lowest BCUT2D eigenvalue weighted by atomic mass is 10.1. The number of hydrogen-bond acceptors (Lipinski definition) is 6. The van der Waals surface area contributed by atoms with E-state index in [1.807, 2.05) is 72.1 Å². The maximum absolute atomic E-state index is 14.3. The van der Waals surface area contributed by atoms with Crippen molar-refractivity contribution < 1.29 is 4.79 Å². The molecule has 4 heterocycles. The number of benzene rings is 2. The van der Waals surface area contributed by atoms with Crippen LogP contribution in [0.2, 0.25) is 0 Å². The number of para-hydroxylation sites is 1. The third-order valence-electron chi connectivity index (χ3n) is 6.09. The second-order valence-corrected chi connectivity index (χ2v) is 10.4. The maximum Gasteiger partial charge on any atom is 0.261 e. The number of carbonyl (C=O) groups is 1. The van der Waals surface area contributed by atoms with Crippen molar-refractivity contribution in [2.45, 2.75) is 19.9 Å². The molecule has 0 radical (unpaired) electrons. The fourth-order valence-corrected chi connectivity index (χ4v) is 5.93. The molecule has 5 nitrogen and oxygen atoms in total. The van der Waals surface area contributed by atoms with Crippen molar-refractivity contribution in [2.75, 3.05) is 4.90 Å². The van der Waals surface area contributed by atoms with Gasteiger partial charge in [0.1, 0.15) is 0 Å². The summed E-state index contributed by atoms with van der Waals surface area (Å²) in [7, 11) is 0. The molecule has 36 heavy (non-hydrogen) atoms. The lowest BCUT2D eigenvalue weighted by Gasteiger charge is -2.21. The number of pyridine rings is 2. The maximum atomic E-state index is 14.3. The highest BCUT2D eigenvalue weighted by Gasteiger charge is 2.25. The highest BCUT2D eigenvalue weighted by Crippen LogP contribution is 2.34. The van der Waals surface area contributed by atoms with Gasteiger partial charge in [-0.15, -0.1) is 11.3 Å². The molecule has 0 atom stereocenters. The lowest BCUT2D eigenvalue weighted by Crippen LogP contribution is -2.31. The summed E-state index contributed by atoms with van der Waals surface area (Å²) in [5.74, 6) is -0.119. The number of thiophene rings is 1. The Morgan fingerprint density at radius 2 is 1.81 bits per heavy atom. The van der Waals surface area contributed by atoms with E-state index in [9.17, 15) is 4.79 Å². The van der Waals surface area contributed by atoms with Crippen LogP contribution >= 0.6 is 22.7 Å². The molecule has 2 aromatic carbocycles. The predicted octanol–water partition coefficient (Wildman–Crippen LogP) is 7.38. The van der Waals surface area contributed by atoms with E-state index in [0.29, 0.717) is 17.2 Å². The van der Waals surface area contributed by atoms with Gasteiger partial charge in [0.05, 0.1) is 44.1 Å². The SMILES string of the molecule is CCc1ccc2nc(N(Cc3ccccn3)C(=O)c3cc(-c4cccs4)nc4ccccc34)sc2c1. The van der Waals surface area contributed by atoms with E-state index in [2.05, 4.69) is 24.0 Å². The van der Waals surface area contributed by atoms with Crippen LogP contribution < -0.4 is 4.90 Å². The molecule has 0 aliphatic heterocycles. The summed E-state index contributed by atoms with van der Waals surface area (Å²) in [5, 5.41) is 3.50. The van der Waals surface area contributed by atoms with E-state index in [4.69, 9.17) is 9.97 Å². The first kappa shape index (κ1) is 22.5. The Morgan fingerprint density at radius 3 is 2.61 bits per heavy atom. The topological polar surface area (TPSA) is 59.0 Å². The Morgan fingerprint density at radius 1 is 0.917 bits per heavy atom. The molecule has 0 spiro atoms.